The summed E-state index contributed by atoms with van der Waals surface area (Å²) in [4.78, 5) is 28.5. The number of aliphatic hydroxyl groups is 1. The third-order valence-electron chi connectivity index (χ3n) is 7.98. The SMILES string of the molecule is C[C@H](Oc1cc(-n2ccnc2)nc(/C(O)=C2\CCC[C@@]3(CCCCC3=O)C2=N)n1)[C@@H]1CCCN1C. The van der Waals surface area contributed by atoms with E-state index in [1.54, 1.807) is 29.4 Å². The highest BCUT2D eigenvalue weighted by atomic mass is 16.5. The average molecular weight is 479 g/mol. The molecule has 1 saturated heterocycles. The molecule has 1 spiro atoms. The number of hydrogen-bond donors (Lipinski definition) is 2. The monoisotopic (exact) mass is 478 g/mol. The van der Waals surface area contributed by atoms with Gasteiger partial charge in [0.1, 0.15) is 24.0 Å². The normalized spacial score (nSPS) is 27.9. The van der Waals surface area contributed by atoms with Gasteiger partial charge in [-0.25, -0.2) is 9.97 Å². The van der Waals surface area contributed by atoms with Gasteiger partial charge in [-0.3, -0.25) is 14.3 Å². The van der Waals surface area contributed by atoms with Gasteiger partial charge in [0.2, 0.25) is 5.88 Å². The van der Waals surface area contributed by atoms with Crippen LogP contribution in [0.4, 0.5) is 0 Å². The van der Waals surface area contributed by atoms with Crippen molar-refractivity contribution in [2.24, 2.45) is 5.41 Å². The second-order valence-corrected chi connectivity index (χ2v) is 10.1. The molecule has 2 aliphatic carbocycles. The van der Waals surface area contributed by atoms with Crippen molar-refractivity contribution in [1.82, 2.24) is 24.4 Å². The van der Waals surface area contributed by atoms with Crippen LogP contribution in [0, 0.1) is 10.8 Å². The summed E-state index contributed by atoms with van der Waals surface area (Å²) in [5, 5.41) is 20.3. The van der Waals surface area contributed by atoms with Crippen molar-refractivity contribution in [3.8, 4) is 11.7 Å². The summed E-state index contributed by atoms with van der Waals surface area (Å²) in [5.74, 6) is 0.991. The number of ketones is 1. The number of Topliss-reactive ketones (excluding diaryl/α,β-unsaturated/α-hetero) is 1. The number of nitrogens with zero attached hydrogens (tertiary/aromatic N) is 5. The molecule has 3 fully saturated rings. The van der Waals surface area contributed by atoms with Crippen LogP contribution in [0.25, 0.3) is 11.6 Å². The first kappa shape index (κ1) is 23.7. The van der Waals surface area contributed by atoms with Crippen LogP contribution < -0.4 is 4.74 Å². The van der Waals surface area contributed by atoms with E-state index in [9.17, 15) is 9.90 Å². The minimum atomic E-state index is -0.775. The van der Waals surface area contributed by atoms with E-state index < -0.39 is 5.41 Å². The first-order valence-corrected chi connectivity index (χ1v) is 12.7. The van der Waals surface area contributed by atoms with Crippen LogP contribution >= 0.6 is 0 Å². The van der Waals surface area contributed by atoms with Gasteiger partial charge in [-0.2, -0.15) is 4.98 Å². The Labute approximate surface area is 205 Å². The van der Waals surface area contributed by atoms with Gasteiger partial charge in [-0.05, 0) is 65.5 Å². The predicted octanol–water partition coefficient (Wildman–Crippen LogP) is 4.13. The molecule has 0 amide bonds. The summed E-state index contributed by atoms with van der Waals surface area (Å²) in [6.45, 7) is 3.09. The minimum Gasteiger partial charge on any atom is -0.504 e. The fraction of sp³-hybridized carbons (Fsp3) is 0.577. The van der Waals surface area contributed by atoms with E-state index >= 15 is 0 Å². The van der Waals surface area contributed by atoms with Crippen LogP contribution in [0.1, 0.15) is 70.5 Å². The molecule has 1 aliphatic heterocycles. The lowest BCUT2D eigenvalue weighted by molar-refractivity contribution is -0.128. The van der Waals surface area contributed by atoms with Crippen molar-refractivity contribution < 1.29 is 14.6 Å². The highest BCUT2D eigenvalue weighted by Gasteiger charge is 2.47. The van der Waals surface area contributed by atoms with Crippen molar-refractivity contribution in [3.05, 3.63) is 36.2 Å². The van der Waals surface area contributed by atoms with Gasteiger partial charge in [0.15, 0.2) is 11.6 Å². The van der Waals surface area contributed by atoms with E-state index in [1.807, 2.05) is 6.92 Å². The van der Waals surface area contributed by atoms with E-state index in [-0.39, 0.29) is 29.2 Å². The van der Waals surface area contributed by atoms with Gasteiger partial charge >= 0.3 is 0 Å². The van der Waals surface area contributed by atoms with Crippen LogP contribution in [-0.2, 0) is 4.79 Å². The van der Waals surface area contributed by atoms with Gasteiger partial charge in [-0.15, -0.1) is 0 Å². The lowest BCUT2D eigenvalue weighted by Gasteiger charge is -2.40. The van der Waals surface area contributed by atoms with Gasteiger partial charge < -0.3 is 15.3 Å². The lowest BCUT2D eigenvalue weighted by atomic mass is 9.62. The Morgan fingerprint density at radius 3 is 2.77 bits per heavy atom. The molecule has 0 radical (unpaired) electrons. The summed E-state index contributed by atoms with van der Waals surface area (Å²) >= 11 is 0. The van der Waals surface area contributed by atoms with E-state index in [1.165, 1.54) is 0 Å². The molecule has 0 bridgehead atoms. The average Bonchev–Trinajstić information content (AvgIpc) is 3.54. The van der Waals surface area contributed by atoms with E-state index in [0.29, 0.717) is 49.0 Å². The summed E-state index contributed by atoms with van der Waals surface area (Å²) < 4.78 is 8.01. The first-order valence-electron chi connectivity index (χ1n) is 12.7. The Balaban J connectivity index is 1.52. The van der Waals surface area contributed by atoms with E-state index in [0.717, 1.165) is 38.6 Å². The topological polar surface area (TPSA) is 117 Å². The number of imidazole rings is 1. The van der Waals surface area contributed by atoms with Gasteiger partial charge in [-0.1, -0.05) is 6.42 Å². The molecular formula is C26H34N6O3. The second-order valence-electron chi connectivity index (χ2n) is 10.1. The minimum absolute atomic E-state index is 0.0909. The number of aromatic nitrogens is 4. The molecule has 35 heavy (non-hydrogen) atoms. The molecule has 3 atom stereocenters. The number of likely N-dealkylation sites (tertiary alicyclic amines) is 1. The molecule has 2 saturated carbocycles. The molecule has 3 aliphatic rings. The van der Waals surface area contributed by atoms with Crippen molar-refractivity contribution in [3.63, 3.8) is 0 Å². The van der Waals surface area contributed by atoms with Crippen molar-refractivity contribution in [2.75, 3.05) is 13.6 Å². The van der Waals surface area contributed by atoms with Gasteiger partial charge in [0, 0.05) is 36.5 Å². The number of hydrogen-bond acceptors (Lipinski definition) is 8. The standard InChI is InChI=1S/C26H34N6O3/c1-17(19-8-6-13-31(19)2)35-22-15-21(32-14-12-28-16-32)29-25(30-22)23(34)18-7-5-11-26(24(18)27)10-4-3-9-20(26)33/h12,14-17,19,27,34H,3-11,13H2,1-2H3/b23-18-,27-24?/t17-,19-,26+/m0/s1. The van der Waals surface area contributed by atoms with Crippen molar-refractivity contribution >= 4 is 17.3 Å². The molecule has 3 heterocycles. The van der Waals surface area contributed by atoms with E-state index in [2.05, 4.69) is 26.9 Å². The van der Waals surface area contributed by atoms with Crippen molar-refractivity contribution in [1.29, 1.82) is 5.41 Å². The Hall–Kier alpha value is -3.07. The number of allylic oxidation sites excluding steroid dienone is 1. The number of carbonyl (C=O) groups excluding carboxylic acids is 1. The summed E-state index contributed by atoms with van der Waals surface area (Å²) in [7, 11) is 2.10. The maximum absolute atomic E-state index is 12.9. The molecule has 9 heteroatoms. The predicted molar refractivity (Wildman–Crippen MR) is 132 cm³/mol. The van der Waals surface area contributed by atoms with Gasteiger partial charge in [0.05, 0.1) is 11.1 Å². The highest BCUT2D eigenvalue weighted by Crippen LogP contribution is 2.46. The van der Waals surface area contributed by atoms with E-state index in [4.69, 9.17) is 10.1 Å². The molecule has 2 N–H and O–H groups in total. The molecule has 2 aromatic rings. The third-order valence-corrected chi connectivity index (χ3v) is 7.98. The first-order chi connectivity index (χ1) is 16.9. The number of ether oxygens (including phenoxy) is 1. The second kappa shape index (κ2) is 9.53. The molecule has 186 valence electrons. The summed E-state index contributed by atoms with van der Waals surface area (Å²) in [6, 6.07) is 2.04. The highest BCUT2D eigenvalue weighted by molar-refractivity contribution is 6.18. The Bertz CT molecular complexity index is 1140. The van der Waals surface area contributed by atoms with Crippen LogP contribution in [0.3, 0.4) is 0 Å². The Morgan fingerprint density at radius 1 is 1.23 bits per heavy atom. The zero-order valence-electron chi connectivity index (χ0n) is 20.5. The number of carbonyl (C=O) groups is 1. The Kier molecular flexibility index (Phi) is 6.44. The molecule has 0 unspecified atom stereocenters. The van der Waals surface area contributed by atoms with Crippen LogP contribution in [0.15, 0.2) is 30.4 Å². The zero-order valence-corrected chi connectivity index (χ0v) is 20.5. The fourth-order valence-electron chi connectivity index (χ4n) is 6.00. The third kappa shape index (κ3) is 4.37. The van der Waals surface area contributed by atoms with Crippen LogP contribution in [0.2, 0.25) is 0 Å². The summed E-state index contributed by atoms with van der Waals surface area (Å²) in [6.07, 6.45) is 12.1. The number of likely N-dealkylation sites (N-methyl/N-ethyl adjacent to an activating group) is 1. The zero-order chi connectivity index (χ0) is 24.6. The van der Waals surface area contributed by atoms with Crippen LogP contribution in [-0.4, -0.2) is 66.8 Å². The molecular weight excluding hydrogens is 444 g/mol. The quantitative estimate of drug-likeness (QED) is 0.621. The maximum atomic E-state index is 12.9. The molecule has 0 aromatic carbocycles. The van der Waals surface area contributed by atoms with Crippen LogP contribution in [0.5, 0.6) is 5.88 Å². The molecule has 5 rings (SSSR count). The largest absolute Gasteiger partial charge is 0.504 e. The maximum Gasteiger partial charge on any atom is 0.219 e. The molecule has 2 aromatic heterocycles. The fourth-order valence-corrected chi connectivity index (χ4v) is 6.00. The Morgan fingerprint density at radius 2 is 2.06 bits per heavy atom. The number of rotatable bonds is 5. The number of nitrogens with one attached hydrogen (secondary N) is 1. The molecule has 9 nitrogen and oxygen atoms in total. The lowest BCUT2D eigenvalue weighted by Crippen LogP contribution is -2.44. The van der Waals surface area contributed by atoms with Crippen molar-refractivity contribution in [2.45, 2.75) is 76.9 Å². The smallest absolute Gasteiger partial charge is 0.219 e. The number of aliphatic hydroxyl groups excluding tert-OH is 1. The summed E-state index contributed by atoms with van der Waals surface area (Å²) in [5.41, 5.74) is -0.0577. The van der Waals surface area contributed by atoms with Gasteiger partial charge in [0.25, 0.3) is 0 Å².